The largest absolute Gasteiger partial charge is 0.467 e. The van der Waals surface area contributed by atoms with Gasteiger partial charge in [-0.3, -0.25) is 0 Å². The van der Waals surface area contributed by atoms with Gasteiger partial charge in [0, 0.05) is 18.9 Å². The van der Waals surface area contributed by atoms with Gasteiger partial charge in [0.2, 0.25) is 0 Å². The van der Waals surface area contributed by atoms with Crippen LogP contribution in [0.2, 0.25) is 0 Å². The third-order valence-corrected chi connectivity index (χ3v) is 4.50. The quantitative estimate of drug-likeness (QED) is 0.778. The second kappa shape index (κ2) is 8.01. The molecule has 1 amide bonds. The minimum Gasteiger partial charge on any atom is -0.467 e. The molecule has 136 valence electrons. The third kappa shape index (κ3) is 3.70. The number of alkyl carbamates (subject to hydrolysis) is 1. The van der Waals surface area contributed by atoms with Crippen LogP contribution < -0.4 is 5.32 Å². The monoisotopic (exact) mass is 355 g/mol. The number of carbonyl (C=O) groups excluding carboxylic acids is 2. The van der Waals surface area contributed by atoms with E-state index in [4.69, 9.17) is 4.74 Å². The van der Waals surface area contributed by atoms with Crippen LogP contribution in [-0.2, 0) is 14.3 Å². The smallest absolute Gasteiger partial charge is 0.407 e. The van der Waals surface area contributed by atoms with E-state index in [9.17, 15) is 14.7 Å². The van der Waals surface area contributed by atoms with E-state index in [1.165, 1.54) is 18.2 Å². The van der Waals surface area contributed by atoms with Crippen molar-refractivity contribution in [2.24, 2.45) is 0 Å². The Bertz CT molecular complexity index is 759. The van der Waals surface area contributed by atoms with E-state index in [1.807, 2.05) is 36.4 Å². The zero-order valence-corrected chi connectivity index (χ0v) is 14.5. The number of methoxy groups -OCH3 is 1. The molecule has 6 nitrogen and oxygen atoms in total. The Morgan fingerprint density at radius 2 is 1.65 bits per heavy atom. The molecule has 1 atom stereocenters. The molecule has 6 heteroatoms. The highest BCUT2D eigenvalue weighted by molar-refractivity contribution is 5.79. The first kappa shape index (κ1) is 17.9. The first-order chi connectivity index (χ1) is 12.6. The van der Waals surface area contributed by atoms with Crippen molar-refractivity contribution in [2.75, 3.05) is 20.3 Å². The summed E-state index contributed by atoms with van der Waals surface area (Å²) >= 11 is 0. The Morgan fingerprint density at radius 1 is 1.08 bits per heavy atom. The van der Waals surface area contributed by atoms with Crippen LogP contribution in [0.3, 0.4) is 0 Å². The Kier molecular flexibility index (Phi) is 5.53. The van der Waals surface area contributed by atoms with E-state index in [0.717, 1.165) is 11.1 Å². The van der Waals surface area contributed by atoms with Gasteiger partial charge in [0.25, 0.3) is 0 Å². The van der Waals surface area contributed by atoms with Gasteiger partial charge >= 0.3 is 12.1 Å². The van der Waals surface area contributed by atoms with Crippen molar-refractivity contribution in [2.45, 2.75) is 18.4 Å². The van der Waals surface area contributed by atoms with Crippen LogP contribution in [-0.4, -0.2) is 43.5 Å². The van der Waals surface area contributed by atoms with Gasteiger partial charge < -0.3 is 19.9 Å². The molecule has 0 saturated heterocycles. The van der Waals surface area contributed by atoms with Crippen molar-refractivity contribution in [3.05, 3.63) is 59.7 Å². The number of nitrogens with one attached hydrogen (secondary N) is 1. The Morgan fingerprint density at radius 3 is 2.23 bits per heavy atom. The summed E-state index contributed by atoms with van der Waals surface area (Å²) in [6.07, 6.45) is -1.77. The molecule has 0 aromatic heterocycles. The van der Waals surface area contributed by atoms with Crippen molar-refractivity contribution in [3.8, 4) is 11.1 Å². The molecule has 0 spiro atoms. The molecule has 3 rings (SSSR count). The van der Waals surface area contributed by atoms with Crippen molar-refractivity contribution in [1.82, 2.24) is 5.32 Å². The fourth-order valence-electron chi connectivity index (χ4n) is 3.21. The summed E-state index contributed by atoms with van der Waals surface area (Å²) in [6.45, 7) is 0.340. The first-order valence-corrected chi connectivity index (χ1v) is 8.46. The van der Waals surface area contributed by atoms with Gasteiger partial charge in [0.15, 0.2) is 6.10 Å². The molecule has 0 aliphatic heterocycles. The summed E-state index contributed by atoms with van der Waals surface area (Å²) in [4.78, 5) is 23.0. The molecular formula is C20H21NO5. The van der Waals surface area contributed by atoms with Crippen molar-refractivity contribution < 1.29 is 24.2 Å². The zero-order chi connectivity index (χ0) is 18.5. The van der Waals surface area contributed by atoms with Gasteiger partial charge in [0.1, 0.15) is 6.61 Å². The van der Waals surface area contributed by atoms with Gasteiger partial charge in [-0.1, -0.05) is 48.5 Å². The SMILES string of the molecule is COC(=O)[C@@H](O)CCNC(=O)OCC1c2ccccc2-c2ccccc21. The number of aliphatic hydroxyl groups is 1. The normalized spacial score (nSPS) is 13.5. The van der Waals surface area contributed by atoms with Crippen molar-refractivity contribution in [3.63, 3.8) is 0 Å². The summed E-state index contributed by atoms with van der Waals surface area (Å²) in [5.41, 5.74) is 4.61. The number of hydrogen-bond donors (Lipinski definition) is 2. The Labute approximate surface area is 151 Å². The molecule has 2 aromatic carbocycles. The highest BCUT2D eigenvalue weighted by Crippen LogP contribution is 2.44. The van der Waals surface area contributed by atoms with Gasteiger partial charge in [-0.2, -0.15) is 0 Å². The third-order valence-electron chi connectivity index (χ3n) is 4.50. The highest BCUT2D eigenvalue weighted by atomic mass is 16.5. The number of fused-ring (bicyclic) bond motifs is 3. The number of carbonyl (C=O) groups is 2. The molecule has 0 fully saturated rings. The van der Waals surface area contributed by atoms with E-state index < -0.39 is 18.2 Å². The molecule has 0 heterocycles. The number of esters is 1. The van der Waals surface area contributed by atoms with Crippen LogP contribution in [0.25, 0.3) is 11.1 Å². The van der Waals surface area contributed by atoms with E-state index in [-0.39, 0.29) is 25.5 Å². The maximum atomic E-state index is 11.9. The van der Waals surface area contributed by atoms with E-state index in [0.29, 0.717) is 0 Å². The molecule has 2 N–H and O–H groups in total. The molecule has 2 aromatic rings. The van der Waals surface area contributed by atoms with Crippen LogP contribution in [0, 0.1) is 0 Å². The summed E-state index contributed by atoms with van der Waals surface area (Å²) in [6, 6.07) is 16.2. The Hall–Kier alpha value is -2.86. The lowest BCUT2D eigenvalue weighted by atomic mass is 9.98. The number of ether oxygens (including phenoxy) is 2. The fraction of sp³-hybridized carbons (Fsp3) is 0.300. The molecule has 1 aliphatic carbocycles. The summed E-state index contributed by atoms with van der Waals surface area (Å²) in [7, 11) is 1.20. The predicted octanol–water partition coefficient (Wildman–Crippen LogP) is 2.45. The molecule has 0 saturated carbocycles. The average Bonchev–Trinajstić information content (AvgIpc) is 2.99. The first-order valence-electron chi connectivity index (χ1n) is 8.46. The predicted molar refractivity (Wildman–Crippen MR) is 95.7 cm³/mol. The molecule has 0 unspecified atom stereocenters. The van der Waals surface area contributed by atoms with Crippen LogP contribution in [0.5, 0.6) is 0 Å². The summed E-state index contributed by atoms with van der Waals surface area (Å²) < 4.78 is 9.78. The van der Waals surface area contributed by atoms with Crippen LogP contribution in [0.4, 0.5) is 4.79 Å². The maximum Gasteiger partial charge on any atom is 0.407 e. The van der Waals surface area contributed by atoms with Gasteiger partial charge in [-0.05, 0) is 22.3 Å². The topological polar surface area (TPSA) is 84.9 Å². The van der Waals surface area contributed by atoms with Gasteiger partial charge in [0.05, 0.1) is 7.11 Å². The fourth-order valence-corrected chi connectivity index (χ4v) is 3.21. The van der Waals surface area contributed by atoms with Crippen LogP contribution in [0.1, 0.15) is 23.5 Å². The van der Waals surface area contributed by atoms with E-state index >= 15 is 0 Å². The lowest BCUT2D eigenvalue weighted by Crippen LogP contribution is -2.31. The van der Waals surface area contributed by atoms with Crippen molar-refractivity contribution in [1.29, 1.82) is 0 Å². The summed E-state index contributed by atoms with van der Waals surface area (Å²) in [5, 5.41) is 12.0. The van der Waals surface area contributed by atoms with E-state index in [1.54, 1.807) is 0 Å². The zero-order valence-electron chi connectivity index (χ0n) is 14.5. The second-order valence-corrected chi connectivity index (χ2v) is 6.08. The summed E-state index contributed by atoms with van der Waals surface area (Å²) in [5.74, 6) is -0.729. The minimum atomic E-state index is -1.26. The van der Waals surface area contributed by atoms with Crippen LogP contribution in [0.15, 0.2) is 48.5 Å². The number of aliphatic hydroxyl groups excluding tert-OH is 1. The molecule has 1 aliphatic rings. The molecule has 0 bridgehead atoms. The number of benzene rings is 2. The minimum absolute atomic E-state index is 0.00573. The number of hydrogen-bond acceptors (Lipinski definition) is 5. The molecule has 0 radical (unpaired) electrons. The highest BCUT2D eigenvalue weighted by Gasteiger charge is 2.29. The van der Waals surface area contributed by atoms with E-state index in [2.05, 4.69) is 22.2 Å². The van der Waals surface area contributed by atoms with Crippen LogP contribution >= 0.6 is 0 Å². The lowest BCUT2D eigenvalue weighted by molar-refractivity contribution is -0.150. The standard InChI is InChI=1S/C20H21NO5/c1-25-19(23)18(22)10-11-21-20(24)26-12-17-15-8-4-2-6-13(15)14-7-3-5-9-16(14)17/h2-9,17-18,22H,10-12H2,1H3,(H,21,24)/t18-/m0/s1. The molecular weight excluding hydrogens is 334 g/mol. The second-order valence-electron chi connectivity index (χ2n) is 6.08. The van der Waals surface area contributed by atoms with Crippen molar-refractivity contribution >= 4 is 12.1 Å². The Balaban J connectivity index is 1.56. The van der Waals surface area contributed by atoms with Gasteiger partial charge in [-0.15, -0.1) is 0 Å². The number of amides is 1. The average molecular weight is 355 g/mol. The lowest BCUT2D eigenvalue weighted by Gasteiger charge is -2.15. The number of rotatable bonds is 6. The maximum absolute atomic E-state index is 11.9. The molecule has 26 heavy (non-hydrogen) atoms. The van der Waals surface area contributed by atoms with Gasteiger partial charge in [-0.25, -0.2) is 9.59 Å².